The van der Waals surface area contributed by atoms with Gasteiger partial charge in [-0.05, 0) is 53.5 Å². The average Bonchev–Trinajstić information content (AvgIpc) is 3.27. The molecule has 1 amide bonds. The van der Waals surface area contributed by atoms with Gasteiger partial charge < -0.3 is 4.57 Å². The maximum absolute atomic E-state index is 12.8. The van der Waals surface area contributed by atoms with Gasteiger partial charge in [-0.15, -0.1) is 0 Å². The Balaban J connectivity index is 1.35. The van der Waals surface area contributed by atoms with Crippen molar-refractivity contribution in [2.24, 2.45) is 0 Å². The second kappa shape index (κ2) is 11.7. The number of imidazole rings is 1. The monoisotopic (exact) mass is 568 g/mol. The number of hydrogen-bond acceptors (Lipinski definition) is 5. The molecule has 0 unspecified atom stereocenters. The van der Waals surface area contributed by atoms with Crippen LogP contribution in [0.25, 0.3) is 29.4 Å². The molecule has 1 N–H and O–H groups in total. The molecule has 0 spiro atoms. The first-order chi connectivity index (χ1) is 19.3. The Bertz CT molecular complexity index is 1850. The van der Waals surface area contributed by atoms with Crippen LogP contribution in [0.5, 0.6) is 0 Å². The van der Waals surface area contributed by atoms with E-state index in [1.54, 1.807) is 30.3 Å². The third-order valence-corrected chi connectivity index (χ3v) is 7.48. The number of sulfonamides is 1. The van der Waals surface area contributed by atoms with Crippen molar-refractivity contribution in [3.63, 3.8) is 0 Å². The number of amides is 1. The summed E-state index contributed by atoms with van der Waals surface area (Å²) in [6, 6.07) is 27.8. The van der Waals surface area contributed by atoms with Crippen molar-refractivity contribution in [1.82, 2.24) is 19.3 Å². The summed E-state index contributed by atoms with van der Waals surface area (Å²) in [5.41, 5.74) is 4.59. The molecule has 0 bridgehead atoms. The minimum Gasteiger partial charge on any atom is -0.308 e. The zero-order valence-corrected chi connectivity index (χ0v) is 23.1. The van der Waals surface area contributed by atoms with E-state index >= 15 is 0 Å². The van der Waals surface area contributed by atoms with Crippen LogP contribution >= 0.6 is 11.6 Å². The molecule has 5 aromatic rings. The van der Waals surface area contributed by atoms with Gasteiger partial charge in [-0.2, -0.15) is 0 Å². The Morgan fingerprint density at radius 3 is 2.17 bits per heavy atom. The van der Waals surface area contributed by atoms with E-state index in [1.807, 2.05) is 83.0 Å². The highest BCUT2D eigenvalue weighted by Crippen LogP contribution is 2.23. The van der Waals surface area contributed by atoms with E-state index in [4.69, 9.17) is 11.6 Å². The standard InChI is InChI=1S/C31H25ClN4O3S/c1-22-33-28-16-17-29(31(37)35-40(38,39)19-18-24-10-6-3-7-11-24)34-30(28)36(22)21-26-15-14-25(20-27(26)32)13-12-23-8-4-2-5-9-23/h2-20H,21H2,1H3,(H,35,37)/b13-12+,19-18+. The molecule has 7 nitrogen and oxygen atoms in total. The first kappa shape index (κ1) is 27.1. The average molecular weight is 569 g/mol. The lowest BCUT2D eigenvalue weighted by atomic mass is 10.1. The summed E-state index contributed by atoms with van der Waals surface area (Å²) in [5.74, 6) is -0.153. The number of benzene rings is 3. The zero-order chi connectivity index (χ0) is 28.1. The van der Waals surface area contributed by atoms with Crippen LogP contribution in [0.3, 0.4) is 0 Å². The van der Waals surface area contributed by atoms with Gasteiger partial charge in [-0.3, -0.25) is 4.79 Å². The summed E-state index contributed by atoms with van der Waals surface area (Å²) in [4.78, 5) is 21.8. The molecule has 0 aliphatic carbocycles. The second-order valence-electron chi connectivity index (χ2n) is 9.07. The van der Waals surface area contributed by atoms with Gasteiger partial charge in [0.05, 0.1) is 12.0 Å². The summed E-state index contributed by atoms with van der Waals surface area (Å²) in [6.45, 7) is 2.21. The van der Waals surface area contributed by atoms with Crippen molar-refractivity contribution in [3.8, 4) is 0 Å². The molecule has 5 rings (SSSR count). The topological polar surface area (TPSA) is 93.9 Å². The number of nitrogens with one attached hydrogen (secondary N) is 1. The summed E-state index contributed by atoms with van der Waals surface area (Å²) < 4.78 is 28.8. The van der Waals surface area contributed by atoms with Gasteiger partial charge in [0.15, 0.2) is 5.65 Å². The molecule has 40 heavy (non-hydrogen) atoms. The van der Waals surface area contributed by atoms with E-state index in [1.165, 1.54) is 12.1 Å². The minimum absolute atomic E-state index is 0.0437. The number of fused-ring (bicyclic) bond motifs is 1. The molecule has 0 fully saturated rings. The summed E-state index contributed by atoms with van der Waals surface area (Å²) in [6.07, 6.45) is 5.43. The fraction of sp³-hybridized carbons (Fsp3) is 0.0645. The van der Waals surface area contributed by atoms with E-state index < -0.39 is 15.9 Å². The highest BCUT2D eigenvalue weighted by atomic mass is 35.5. The van der Waals surface area contributed by atoms with Gasteiger partial charge in [0, 0.05) is 5.02 Å². The fourth-order valence-corrected chi connectivity index (χ4v) is 5.12. The van der Waals surface area contributed by atoms with E-state index in [9.17, 15) is 13.2 Å². The summed E-state index contributed by atoms with van der Waals surface area (Å²) in [5, 5.41) is 1.54. The Labute approximate surface area is 237 Å². The van der Waals surface area contributed by atoms with Crippen molar-refractivity contribution in [3.05, 3.63) is 135 Å². The van der Waals surface area contributed by atoms with Gasteiger partial charge >= 0.3 is 0 Å². The zero-order valence-electron chi connectivity index (χ0n) is 21.5. The quantitative estimate of drug-likeness (QED) is 0.220. The number of pyridine rings is 1. The van der Waals surface area contributed by atoms with Crippen molar-refractivity contribution >= 4 is 56.9 Å². The molecule has 0 saturated carbocycles. The number of halogens is 1. The van der Waals surface area contributed by atoms with Crippen molar-refractivity contribution in [2.75, 3.05) is 0 Å². The maximum Gasteiger partial charge on any atom is 0.283 e. The molecule has 0 atom stereocenters. The molecule has 0 aliphatic rings. The Hall–Kier alpha value is -4.53. The molecule has 2 aromatic heterocycles. The normalized spacial score (nSPS) is 11.9. The molecule has 0 radical (unpaired) electrons. The summed E-state index contributed by atoms with van der Waals surface area (Å²) in [7, 11) is -4.03. The van der Waals surface area contributed by atoms with Crippen LogP contribution in [0.4, 0.5) is 0 Å². The van der Waals surface area contributed by atoms with Crippen LogP contribution < -0.4 is 4.72 Å². The highest BCUT2D eigenvalue weighted by molar-refractivity contribution is 7.93. The van der Waals surface area contributed by atoms with E-state index in [2.05, 4.69) is 9.97 Å². The lowest BCUT2D eigenvalue weighted by Gasteiger charge is -2.10. The van der Waals surface area contributed by atoms with Crippen molar-refractivity contribution < 1.29 is 13.2 Å². The minimum atomic E-state index is -4.03. The third-order valence-electron chi connectivity index (χ3n) is 6.16. The molecule has 0 saturated heterocycles. The molecular weight excluding hydrogens is 544 g/mol. The second-order valence-corrected chi connectivity index (χ2v) is 11.0. The smallest absolute Gasteiger partial charge is 0.283 e. The van der Waals surface area contributed by atoms with Gasteiger partial charge in [0.2, 0.25) is 0 Å². The number of hydrogen-bond donors (Lipinski definition) is 1. The first-order valence-corrected chi connectivity index (χ1v) is 14.4. The largest absolute Gasteiger partial charge is 0.308 e. The Morgan fingerprint density at radius 2 is 1.50 bits per heavy atom. The number of rotatable bonds is 8. The van der Waals surface area contributed by atoms with E-state index in [0.29, 0.717) is 34.1 Å². The number of aryl methyl sites for hydroxylation is 1. The van der Waals surface area contributed by atoms with Crippen LogP contribution in [0, 0.1) is 6.92 Å². The van der Waals surface area contributed by atoms with Crippen molar-refractivity contribution in [2.45, 2.75) is 13.5 Å². The molecule has 9 heteroatoms. The van der Waals surface area contributed by atoms with Crippen LogP contribution in [-0.2, 0) is 16.6 Å². The molecular formula is C31H25ClN4O3S. The number of carbonyl (C=O) groups excluding carboxylic acids is 1. The lowest BCUT2D eigenvalue weighted by Crippen LogP contribution is -2.29. The fourth-order valence-electron chi connectivity index (χ4n) is 4.10. The van der Waals surface area contributed by atoms with Crippen LogP contribution in [0.15, 0.2) is 96.4 Å². The van der Waals surface area contributed by atoms with Gasteiger partial charge in [-0.1, -0.05) is 96.5 Å². The highest BCUT2D eigenvalue weighted by Gasteiger charge is 2.18. The SMILES string of the molecule is Cc1nc2ccc(C(=O)NS(=O)(=O)/C=C/c3ccccc3)nc2n1Cc1ccc(/C=C/c2ccccc2)cc1Cl. The lowest BCUT2D eigenvalue weighted by molar-refractivity contribution is 0.0977. The number of aromatic nitrogens is 3. The van der Waals surface area contributed by atoms with Crippen LogP contribution in [0.1, 0.15) is 38.6 Å². The summed E-state index contributed by atoms with van der Waals surface area (Å²) >= 11 is 6.63. The maximum atomic E-state index is 12.8. The first-order valence-electron chi connectivity index (χ1n) is 12.4. The molecule has 2 heterocycles. The predicted molar refractivity (Wildman–Crippen MR) is 160 cm³/mol. The molecule has 200 valence electrons. The Kier molecular flexibility index (Phi) is 7.91. The van der Waals surface area contributed by atoms with Crippen LogP contribution in [0.2, 0.25) is 5.02 Å². The third kappa shape index (κ3) is 6.54. The van der Waals surface area contributed by atoms with E-state index in [-0.39, 0.29) is 5.69 Å². The number of carbonyl (C=O) groups is 1. The van der Waals surface area contributed by atoms with Gasteiger partial charge in [-0.25, -0.2) is 23.1 Å². The Morgan fingerprint density at radius 1 is 0.850 bits per heavy atom. The van der Waals surface area contributed by atoms with Gasteiger partial charge in [0.25, 0.3) is 15.9 Å². The molecule has 0 aliphatic heterocycles. The van der Waals surface area contributed by atoms with Crippen molar-refractivity contribution in [1.29, 1.82) is 0 Å². The van der Waals surface area contributed by atoms with E-state index in [0.717, 1.165) is 22.1 Å². The predicted octanol–water partition coefficient (Wildman–Crippen LogP) is 6.34. The number of nitrogens with zero attached hydrogens (tertiary/aromatic N) is 3. The molecule has 3 aromatic carbocycles. The van der Waals surface area contributed by atoms with Gasteiger partial charge in [0.1, 0.15) is 17.0 Å². The van der Waals surface area contributed by atoms with Crippen LogP contribution in [-0.4, -0.2) is 28.9 Å².